The summed E-state index contributed by atoms with van der Waals surface area (Å²) < 4.78 is 0. The van der Waals surface area contributed by atoms with E-state index in [1.54, 1.807) is 12.1 Å². The van der Waals surface area contributed by atoms with Gasteiger partial charge in [-0.25, -0.2) is 0 Å². The van der Waals surface area contributed by atoms with Crippen molar-refractivity contribution in [3.05, 3.63) is 39.4 Å². The van der Waals surface area contributed by atoms with Gasteiger partial charge in [0.05, 0.1) is 4.92 Å². The van der Waals surface area contributed by atoms with Crippen LogP contribution in [0.3, 0.4) is 0 Å². The van der Waals surface area contributed by atoms with E-state index < -0.39 is 4.92 Å². The average molecular weight is 314 g/mol. The molecule has 1 aliphatic rings. The number of carbonyl (C=O) groups excluding carboxylic acids is 1. The number of rotatable bonds is 5. The Bertz CT molecular complexity index is 516. The SMILES string of the molecule is Cc1ccc([N+](=O)[O-])c(C(=O)NCC[C@H]2CCCN2)c1.Cl. The lowest BCUT2D eigenvalue weighted by Gasteiger charge is -2.11. The Morgan fingerprint density at radius 2 is 2.29 bits per heavy atom. The van der Waals surface area contributed by atoms with E-state index in [2.05, 4.69) is 10.6 Å². The molecule has 1 heterocycles. The summed E-state index contributed by atoms with van der Waals surface area (Å²) in [6.07, 6.45) is 3.15. The maximum absolute atomic E-state index is 12.1. The standard InChI is InChI=1S/C14H19N3O3.ClH/c1-10-4-5-13(17(19)20)12(9-10)14(18)16-8-6-11-3-2-7-15-11;/h4-5,9,11,15H,2-3,6-8H2,1H3,(H,16,18);1H/t11-;/m1./s1. The lowest BCUT2D eigenvalue weighted by Crippen LogP contribution is -2.30. The van der Waals surface area contributed by atoms with E-state index in [0.717, 1.165) is 24.9 Å². The van der Waals surface area contributed by atoms with Crippen molar-refractivity contribution in [3.63, 3.8) is 0 Å². The fourth-order valence-electron chi connectivity index (χ4n) is 2.45. The zero-order valence-electron chi connectivity index (χ0n) is 11.9. The molecule has 1 aliphatic heterocycles. The predicted octanol–water partition coefficient (Wildman–Crippen LogP) is 2.20. The van der Waals surface area contributed by atoms with Gasteiger partial charge in [0.25, 0.3) is 11.6 Å². The molecule has 0 bridgehead atoms. The van der Waals surface area contributed by atoms with Gasteiger partial charge >= 0.3 is 0 Å². The summed E-state index contributed by atoms with van der Waals surface area (Å²) in [5.74, 6) is -0.376. The average Bonchev–Trinajstić information content (AvgIpc) is 2.91. The molecule has 0 saturated carbocycles. The monoisotopic (exact) mass is 313 g/mol. The van der Waals surface area contributed by atoms with Gasteiger partial charge in [-0.2, -0.15) is 0 Å². The summed E-state index contributed by atoms with van der Waals surface area (Å²) in [5.41, 5.74) is 0.819. The number of nitro groups is 1. The highest BCUT2D eigenvalue weighted by molar-refractivity contribution is 5.98. The van der Waals surface area contributed by atoms with Gasteiger partial charge in [-0.15, -0.1) is 12.4 Å². The molecule has 0 unspecified atom stereocenters. The molecular weight excluding hydrogens is 294 g/mol. The molecule has 1 amide bonds. The number of halogens is 1. The third-order valence-electron chi connectivity index (χ3n) is 3.53. The third-order valence-corrected chi connectivity index (χ3v) is 3.53. The molecule has 0 spiro atoms. The highest BCUT2D eigenvalue weighted by Crippen LogP contribution is 2.19. The topological polar surface area (TPSA) is 84.3 Å². The van der Waals surface area contributed by atoms with Crippen molar-refractivity contribution in [1.29, 1.82) is 0 Å². The Hall–Kier alpha value is -1.66. The molecule has 1 fully saturated rings. The minimum atomic E-state index is -0.521. The molecule has 0 aliphatic carbocycles. The molecule has 1 aromatic carbocycles. The second kappa shape index (κ2) is 7.95. The summed E-state index contributed by atoms with van der Waals surface area (Å²) in [6, 6.07) is 5.02. The molecule has 6 nitrogen and oxygen atoms in total. The molecule has 0 radical (unpaired) electrons. The largest absolute Gasteiger partial charge is 0.352 e. The van der Waals surface area contributed by atoms with Gasteiger partial charge in [0, 0.05) is 18.7 Å². The highest BCUT2D eigenvalue weighted by Gasteiger charge is 2.20. The first kappa shape index (κ1) is 17.4. The molecule has 1 atom stereocenters. The Morgan fingerprint density at radius 1 is 1.52 bits per heavy atom. The molecule has 21 heavy (non-hydrogen) atoms. The molecule has 0 aromatic heterocycles. The Morgan fingerprint density at radius 3 is 2.90 bits per heavy atom. The van der Waals surface area contributed by atoms with Crippen molar-refractivity contribution in [2.45, 2.75) is 32.2 Å². The maximum Gasteiger partial charge on any atom is 0.282 e. The van der Waals surface area contributed by atoms with Crippen LogP contribution in [0.25, 0.3) is 0 Å². The van der Waals surface area contributed by atoms with Crippen LogP contribution in [0, 0.1) is 17.0 Å². The highest BCUT2D eigenvalue weighted by atomic mass is 35.5. The molecule has 2 N–H and O–H groups in total. The second-order valence-corrected chi connectivity index (χ2v) is 5.12. The van der Waals surface area contributed by atoms with E-state index in [0.29, 0.717) is 12.6 Å². The number of hydrogen-bond donors (Lipinski definition) is 2. The van der Waals surface area contributed by atoms with E-state index in [4.69, 9.17) is 0 Å². The van der Waals surface area contributed by atoms with E-state index >= 15 is 0 Å². The fraction of sp³-hybridized carbons (Fsp3) is 0.500. The molecule has 7 heteroatoms. The lowest BCUT2D eigenvalue weighted by molar-refractivity contribution is -0.385. The van der Waals surface area contributed by atoms with Crippen LogP contribution in [0.15, 0.2) is 18.2 Å². The maximum atomic E-state index is 12.1. The first-order valence-electron chi connectivity index (χ1n) is 6.84. The fourth-order valence-corrected chi connectivity index (χ4v) is 2.45. The Kier molecular flexibility index (Phi) is 6.58. The number of nitrogens with zero attached hydrogens (tertiary/aromatic N) is 1. The molecular formula is C14H20ClN3O3. The van der Waals surface area contributed by atoms with Gasteiger partial charge < -0.3 is 10.6 Å². The number of benzene rings is 1. The van der Waals surface area contributed by atoms with Crippen LogP contribution in [0.5, 0.6) is 0 Å². The van der Waals surface area contributed by atoms with Gasteiger partial charge in [-0.1, -0.05) is 6.07 Å². The second-order valence-electron chi connectivity index (χ2n) is 5.12. The number of aryl methyl sites for hydroxylation is 1. The summed E-state index contributed by atoms with van der Waals surface area (Å²) in [4.78, 5) is 22.5. The van der Waals surface area contributed by atoms with Gasteiger partial charge in [0.1, 0.15) is 5.56 Å². The minimum Gasteiger partial charge on any atom is -0.352 e. The summed E-state index contributed by atoms with van der Waals surface area (Å²) in [7, 11) is 0. The Labute approximate surface area is 129 Å². The van der Waals surface area contributed by atoms with E-state index in [1.165, 1.54) is 12.5 Å². The quantitative estimate of drug-likeness (QED) is 0.644. The van der Waals surface area contributed by atoms with Crippen LogP contribution in [0.2, 0.25) is 0 Å². The number of hydrogen-bond acceptors (Lipinski definition) is 4. The number of amides is 1. The van der Waals surface area contributed by atoms with Crippen LogP contribution in [-0.2, 0) is 0 Å². The van der Waals surface area contributed by atoms with E-state index in [1.807, 2.05) is 6.92 Å². The van der Waals surface area contributed by atoms with Crippen molar-refractivity contribution >= 4 is 24.0 Å². The van der Waals surface area contributed by atoms with Gasteiger partial charge in [0.15, 0.2) is 0 Å². The lowest BCUT2D eigenvalue weighted by atomic mass is 10.1. The summed E-state index contributed by atoms with van der Waals surface area (Å²) in [5, 5.41) is 17.1. The van der Waals surface area contributed by atoms with Crippen molar-refractivity contribution in [2.75, 3.05) is 13.1 Å². The summed E-state index contributed by atoms with van der Waals surface area (Å²) in [6.45, 7) is 3.37. The van der Waals surface area contributed by atoms with E-state index in [9.17, 15) is 14.9 Å². The molecule has 116 valence electrons. The molecule has 1 saturated heterocycles. The Balaban J connectivity index is 0.00000220. The van der Waals surface area contributed by atoms with E-state index in [-0.39, 0.29) is 29.6 Å². The first-order valence-corrected chi connectivity index (χ1v) is 6.84. The van der Waals surface area contributed by atoms with Crippen LogP contribution < -0.4 is 10.6 Å². The summed E-state index contributed by atoms with van der Waals surface area (Å²) >= 11 is 0. The number of nitro benzene ring substituents is 1. The molecule has 1 aromatic rings. The number of carbonyl (C=O) groups is 1. The smallest absolute Gasteiger partial charge is 0.282 e. The van der Waals surface area contributed by atoms with Crippen LogP contribution in [0.1, 0.15) is 35.2 Å². The van der Waals surface area contributed by atoms with Crippen LogP contribution in [-0.4, -0.2) is 30.0 Å². The minimum absolute atomic E-state index is 0. The van der Waals surface area contributed by atoms with Crippen molar-refractivity contribution < 1.29 is 9.72 Å². The van der Waals surface area contributed by atoms with Crippen molar-refractivity contribution in [1.82, 2.24) is 10.6 Å². The van der Waals surface area contributed by atoms with Crippen LogP contribution >= 0.6 is 12.4 Å². The normalized spacial score (nSPS) is 17.1. The first-order chi connectivity index (χ1) is 9.58. The number of nitrogens with one attached hydrogen (secondary N) is 2. The van der Waals surface area contributed by atoms with Crippen molar-refractivity contribution in [2.24, 2.45) is 0 Å². The zero-order chi connectivity index (χ0) is 14.5. The van der Waals surface area contributed by atoms with Gasteiger partial charge in [-0.3, -0.25) is 14.9 Å². The molecule has 2 rings (SSSR count). The van der Waals surface area contributed by atoms with Crippen molar-refractivity contribution in [3.8, 4) is 0 Å². The van der Waals surface area contributed by atoms with Gasteiger partial charge in [-0.05, 0) is 44.4 Å². The van der Waals surface area contributed by atoms with Gasteiger partial charge in [0.2, 0.25) is 0 Å². The third kappa shape index (κ3) is 4.68. The zero-order valence-corrected chi connectivity index (χ0v) is 12.7. The van der Waals surface area contributed by atoms with Crippen LogP contribution in [0.4, 0.5) is 5.69 Å². The predicted molar refractivity (Wildman–Crippen MR) is 83.1 cm³/mol.